The molecule has 0 atom stereocenters. The lowest BCUT2D eigenvalue weighted by Gasteiger charge is -2.11. The van der Waals surface area contributed by atoms with Gasteiger partial charge in [-0.1, -0.05) is 6.07 Å². The van der Waals surface area contributed by atoms with Crippen molar-refractivity contribution in [3.8, 4) is 0 Å². The lowest BCUT2D eigenvalue weighted by atomic mass is 10.2. The van der Waals surface area contributed by atoms with Crippen molar-refractivity contribution in [2.45, 2.75) is 6.54 Å². The number of carbonyl (C=O) groups is 2. The van der Waals surface area contributed by atoms with Gasteiger partial charge < -0.3 is 20.1 Å². The highest BCUT2D eigenvalue weighted by molar-refractivity contribution is 6.00. The van der Waals surface area contributed by atoms with E-state index in [2.05, 4.69) is 20.1 Å². The summed E-state index contributed by atoms with van der Waals surface area (Å²) in [5, 5.41) is 17.0. The van der Waals surface area contributed by atoms with Crippen LogP contribution in [-0.2, 0) is 11.3 Å². The maximum absolute atomic E-state index is 12.2. The van der Waals surface area contributed by atoms with Gasteiger partial charge in [-0.05, 0) is 44.4 Å². The molecule has 9 nitrogen and oxygen atoms in total. The lowest BCUT2D eigenvalue weighted by molar-refractivity contribution is -0.384. The molecule has 0 aliphatic carbocycles. The molecule has 30 heavy (non-hydrogen) atoms. The summed E-state index contributed by atoms with van der Waals surface area (Å²) in [7, 11) is 4.05. The maximum atomic E-state index is 12.2. The minimum atomic E-state index is -0.576. The third-order valence-electron chi connectivity index (χ3n) is 4.57. The Hall–Kier alpha value is -3.72. The number of nitro benzene ring substituents is 1. The van der Waals surface area contributed by atoms with Crippen molar-refractivity contribution in [3.05, 3.63) is 70.4 Å². The second kappa shape index (κ2) is 9.19. The van der Waals surface area contributed by atoms with Crippen LogP contribution in [0, 0.1) is 10.1 Å². The largest absolute Gasteiger partial charge is 0.346 e. The molecule has 0 spiro atoms. The van der Waals surface area contributed by atoms with Crippen LogP contribution in [0.3, 0.4) is 0 Å². The van der Waals surface area contributed by atoms with Crippen LogP contribution in [0.2, 0.25) is 0 Å². The first-order valence-electron chi connectivity index (χ1n) is 9.39. The van der Waals surface area contributed by atoms with Crippen molar-refractivity contribution in [2.24, 2.45) is 0 Å². The van der Waals surface area contributed by atoms with Crippen LogP contribution in [0.25, 0.3) is 10.9 Å². The number of hydrogen-bond donors (Lipinski definition) is 2. The van der Waals surface area contributed by atoms with Gasteiger partial charge in [0.2, 0.25) is 5.91 Å². The van der Waals surface area contributed by atoms with Crippen LogP contribution in [0.5, 0.6) is 0 Å². The number of carbonyl (C=O) groups excluding carboxylic acids is 2. The average Bonchev–Trinajstić information content (AvgIpc) is 3.12. The third kappa shape index (κ3) is 5.21. The topological polar surface area (TPSA) is 110 Å². The van der Waals surface area contributed by atoms with Crippen molar-refractivity contribution in [2.75, 3.05) is 32.5 Å². The van der Waals surface area contributed by atoms with E-state index < -0.39 is 10.8 Å². The number of fused-ring (bicyclic) bond motifs is 1. The van der Waals surface area contributed by atoms with E-state index in [0.717, 1.165) is 24.0 Å². The second-order valence-corrected chi connectivity index (χ2v) is 7.12. The van der Waals surface area contributed by atoms with Gasteiger partial charge in [-0.25, -0.2) is 0 Å². The Kier molecular flexibility index (Phi) is 6.43. The van der Waals surface area contributed by atoms with Gasteiger partial charge in [0.1, 0.15) is 0 Å². The number of aromatic nitrogens is 1. The number of likely N-dealkylation sites (N-methyl/N-ethyl adjacent to an activating group) is 1. The molecule has 0 fully saturated rings. The molecule has 2 amide bonds. The highest BCUT2D eigenvalue weighted by atomic mass is 16.6. The summed E-state index contributed by atoms with van der Waals surface area (Å²) in [5.41, 5.74) is 1.65. The summed E-state index contributed by atoms with van der Waals surface area (Å²) in [5.74, 6) is -0.942. The van der Waals surface area contributed by atoms with E-state index in [0.29, 0.717) is 5.69 Å². The maximum Gasteiger partial charge on any atom is 0.270 e. The van der Waals surface area contributed by atoms with Crippen molar-refractivity contribution in [1.82, 2.24) is 14.8 Å². The molecule has 1 heterocycles. The SMILES string of the molecule is CN(C)CCn1ccc2cc(NC(=O)CNC(=O)c3cccc([N+](=O)[O-])c3)ccc21. The number of nitro groups is 1. The summed E-state index contributed by atoms with van der Waals surface area (Å²) in [4.78, 5) is 36.7. The zero-order chi connectivity index (χ0) is 21.7. The van der Waals surface area contributed by atoms with E-state index in [1.807, 2.05) is 44.6 Å². The van der Waals surface area contributed by atoms with Gasteiger partial charge in [0.25, 0.3) is 11.6 Å². The van der Waals surface area contributed by atoms with Crippen LogP contribution < -0.4 is 10.6 Å². The van der Waals surface area contributed by atoms with Gasteiger partial charge in [-0.3, -0.25) is 19.7 Å². The summed E-state index contributed by atoms with van der Waals surface area (Å²) >= 11 is 0. The quantitative estimate of drug-likeness (QED) is 0.439. The van der Waals surface area contributed by atoms with Crippen molar-refractivity contribution in [3.63, 3.8) is 0 Å². The summed E-state index contributed by atoms with van der Waals surface area (Å²) in [6.07, 6.45) is 2.01. The van der Waals surface area contributed by atoms with Crippen molar-refractivity contribution in [1.29, 1.82) is 0 Å². The standard InChI is InChI=1S/C21H23N5O4/c1-24(2)10-11-25-9-8-15-12-17(6-7-19(15)25)23-20(27)14-22-21(28)16-4-3-5-18(13-16)26(29)30/h3-9,12-13H,10-11,14H2,1-2H3,(H,22,28)(H,23,27). The molecular formula is C21H23N5O4. The Labute approximate surface area is 173 Å². The normalized spacial score (nSPS) is 10.9. The van der Waals surface area contributed by atoms with Gasteiger partial charge in [0, 0.05) is 53.6 Å². The molecule has 0 bridgehead atoms. The first kappa shape index (κ1) is 21.0. The van der Waals surface area contributed by atoms with E-state index in [1.165, 1.54) is 24.3 Å². The first-order chi connectivity index (χ1) is 14.3. The molecule has 1 aromatic heterocycles. The van der Waals surface area contributed by atoms with Gasteiger partial charge in [-0.15, -0.1) is 0 Å². The molecule has 2 N–H and O–H groups in total. The molecule has 0 saturated heterocycles. The molecule has 3 aromatic rings. The monoisotopic (exact) mass is 409 g/mol. The number of nitrogens with one attached hydrogen (secondary N) is 2. The van der Waals surface area contributed by atoms with E-state index in [-0.39, 0.29) is 23.7 Å². The minimum Gasteiger partial charge on any atom is -0.346 e. The Morgan fingerprint density at radius 1 is 1.13 bits per heavy atom. The predicted octanol–water partition coefficient (Wildman–Crippen LogP) is 2.48. The summed E-state index contributed by atoms with van der Waals surface area (Å²) < 4.78 is 2.15. The Bertz CT molecular complexity index is 1090. The van der Waals surface area contributed by atoms with Gasteiger partial charge >= 0.3 is 0 Å². The average molecular weight is 409 g/mol. The van der Waals surface area contributed by atoms with Crippen molar-refractivity contribution < 1.29 is 14.5 Å². The molecular weight excluding hydrogens is 386 g/mol. The third-order valence-corrected chi connectivity index (χ3v) is 4.57. The van der Waals surface area contributed by atoms with E-state index >= 15 is 0 Å². The highest BCUT2D eigenvalue weighted by Gasteiger charge is 2.13. The molecule has 0 unspecified atom stereocenters. The molecule has 0 aliphatic heterocycles. The van der Waals surface area contributed by atoms with Crippen LogP contribution in [-0.4, -0.2) is 53.4 Å². The van der Waals surface area contributed by atoms with Crippen molar-refractivity contribution >= 4 is 34.1 Å². The number of hydrogen-bond acceptors (Lipinski definition) is 5. The fourth-order valence-corrected chi connectivity index (χ4v) is 3.01. The number of rotatable bonds is 8. The number of nitrogens with zero attached hydrogens (tertiary/aromatic N) is 3. The number of non-ortho nitro benzene ring substituents is 1. The number of benzene rings is 2. The van der Waals surface area contributed by atoms with Crippen LogP contribution >= 0.6 is 0 Å². The zero-order valence-electron chi connectivity index (χ0n) is 16.8. The van der Waals surface area contributed by atoms with Crippen LogP contribution in [0.4, 0.5) is 11.4 Å². The van der Waals surface area contributed by atoms with Crippen LogP contribution in [0.1, 0.15) is 10.4 Å². The Morgan fingerprint density at radius 2 is 1.93 bits per heavy atom. The van der Waals surface area contributed by atoms with E-state index in [4.69, 9.17) is 0 Å². The lowest BCUT2D eigenvalue weighted by Crippen LogP contribution is -2.32. The van der Waals surface area contributed by atoms with Crippen LogP contribution in [0.15, 0.2) is 54.7 Å². The van der Waals surface area contributed by atoms with E-state index in [9.17, 15) is 19.7 Å². The Morgan fingerprint density at radius 3 is 2.67 bits per heavy atom. The summed E-state index contributed by atoms with van der Waals surface area (Å²) in [6.45, 7) is 1.54. The molecule has 9 heteroatoms. The molecule has 2 aromatic carbocycles. The fraction of sp³-hybridized carbons (Fsp3) is 0.238. The molecule has 0 saturated carbocycles. The molecule has 156 valence electrons. The number of amides is 2. The number of anilines is 1. The minimum absolute atomic E-state index is 0.123. The smallest absolute Gasteiger partial charge is 0.270 e. The second-order valence-electron chi connectivity index (χ2n) is 7.12. The molecule has 0 radical (unpaired) electrons. The van der Waals surface area contributed by atoms with Gasteiger partial charge in [0.15, 0.2) is 0 Å². The fourth-order valence-electron chi connectivity index (χ4n) is 3.01. The van der Waals surface area contributed by atoms with Gasteiger partial charge in [0.05, 0.1) is 11.5 Å². The summed E-state index contributed by atoms with van der Waals surface area (Å²) in [6, 6.07) is 13.0. The first-order valence-corrected chi connectivity index (χ1v) is 9.39. The van der Waals surface area contributed by atoms with Gasteiger partial charge in [-0.2, -0.15) is 0 Å². The molecule has 0 aliphatic rings. The van der Waals surface area contributed by atoms with E-state index in [1.54, 1.807) is 0 Å². The predicted molar refractivity (Wildman–Crippen MR) is 115 cm³/mol. The highest BCUT2D eigenvalue weighted by Crippen LogP contribution is 2.20. The zero-order valence-corrected chi connectivity index (χ0v) is 16.8. The Balaban J connectivity index is 1.58. The molecule has 3 rings (SSSR count).